The standard InChI is InChI=1S/C8H12O.C7H10O/c1-2-7-4-3-5-8(9)6-7;1-6-3-2-4-7(8)5-6/h6H,2-5H2,1H3;5H,2-4H2,1H3. The molecule has 0 heterocycles. The van der Waals surface area contributed by atoms with E-state index in [1.54, 1.807) is 6.08 Å². The molecule has 0 amide bonds. The first kappa shape index (κ1) is 13.9. The fraction of sp³-hybridized carbons (Fsp3) is 0.600. The van der Waals surface area contributed by atoms with E-state index >= 15 is 0 Å². The smallest absolute Gasteiger partial charge is 0.155 e. The molecule has 0 aromatic carbocycles. The van der Waals surface area contributed by atoms with Crippen molar-refractivity contribution >= 4 is 11.6 Å². The molecule has 0 bridgehead atoms. The third-order valence-electron chi connectivity index (χ3n) is 3.14. The van der Waals surface area contributed by atoms with Crippen LogP contribution in [0.5, 0.6) is 0 Å². The molecule has 0 N–H and O–H groups in total. The lowest BCUT2D eigenvalue weighted by molar-refractivity contribution is -0.115. The number of hydrogen-bond donors (Lipinski definition) is 0. The normalized spacial score (nSPS) is 20.1. The van der Waals surface area contributed by atoms with Gasteiger partial charge in [0, 0.05) is 12.8 Å². The molecule has 0 aromatic rings. The van der Waals surface area contributed by atoms with E-state index in [-0.39, 0.29) is 0 Å². The number of carbonyl (C=O) groups excluding carboxylic acids is 2. The van der Waals surface area contributed by atoms with Crippen molar-refractivity contribution < 1.29 is 9.59 Å². The zero-order valence-electron chi connectivity index (χ0n) is 10.9. The molecule has 0 unspecified atom stereocenters. The maximum Gasteiger partial charge on any atom is 0.155 e. The van der Waals surface area contributed by atoms with Crippen molar-refractivity contribution in [3.8, 4) is 0 Å². The van der Waals surface area contributed by atoms with Gasteiger partial charge in [0.2, 0.25) is 0 Å². The van der Waals surface area contributed by atoms with E-state index in [9.17, 15) is 9.59 Å². The summed E-state index contributed by atoms with van der Waals surface area (Å²) in [5.74, 6) is 0.617. The largest absolute Gasteiger partial charge is 0.295 e. The SMILES string of the molecule is CC1=CC(=O)CCC1.CCC1=CC(=O)CCC1. The lowest BCUT2D eigenvalue weighted by Crippen LogP contribution is -2.01. The van der Waals surface area contributed by atoms with Gasteiger partial charge in [-0.15, -0.1) is 0 Å². The van der Waals surface area contributed by atoms with Crippen LogP contribution in [0.25, 0.3) is 0 Å². The molecule has 2 heteroatoms. The Hall–Kier alpha value is -1.18. The van der Waals surface area contributed by atoms with Crippen LogP contribution in [0.3, 0.4) is 0 Å². The minimum absolute atomic E-state index is 0.300. The molecular weight excluding hydrogens is 212 g/mol. The summed E-state index contributed by atoms with van der Waals surface area (Å²) in [6, 6.07) is 0. The van der Waals surface area contributed by atoms with Gasteiger partial charge in [0.25, 0.3) is 0 Å². The molecule has 2 rings (SSSR count). The highest BCUT2D eigenvalue weighted by atomic mass is 16.1. The van der Waals surface area contributed by atoms with Gasteiger partial charge >= 0.3 is 0 Å². The third kappa shape index (κ3) is 5.62. The Balaban J connectivity index is 0.000000171. The summed E-state index contributed by atoms with van der Waals surface area (Å²) >= 11 is 0. The molecule has 0 saturated carbocycles. The molecule has 2 aliphatic rings. The topological polar surface area (TPSA) is 34.1 Å². The van der Waals surface area contributed by atoms with E-state index in [0.717, 1.165) is 44.9 Å². The molecule has 17 heavy (non-hydrogen) atoms. The predicted molar refractivity (Wildman–Crippen MR) is 69.8 cm³/mol. The molecule has 0 aliphatic heterocycles. The quantitative estimate of drug-likeness (QED) is 0.692. The number of ketones is 2. The predicted octanol–water partition coefficient (Wildman–Crippen LogP) is 3.76. The zero-order chi connectivity index (χ0) is 12.7. The average Bonchev–Trinajstić information content (AvgIpc) is 2.29. The number of rotatable bonds is 1. The first-order chi connectivity index (χ1) is 8.11. The molecule has 2 aliphatic carbocycles. The summed E-state index contributed by atoms with van der Waals surface area (Å²) < 4.78 is 0. The zero-order valence-corrected chi connectivity index (χ0v) is 10.9. The second kappa shape index (κ2) is 7.21. The lowest BCUT2D eigenvalue weighted by Gasteiger charge is -2.08. The molecule has 0 saturated heterocycles. The summed E-state index contributed by atoms with van der Waals surface area (Å²) in [5, 5.41) is 0. The van der Waals surface area contributed by atoms with Crippen LogP contribution in [0, 0.1) is 0 Å². The van der Waals surface area contributed by atoms with E-state index in [1.165, 1.54) is 11.1 Å². The second-order valence-corrected chi connectivity index (χ2v) is 4.79. The van der Waals surface area contributed by atoms with Crippen molar-refractivity contribution in [2.24, 2.45) is 0 Å². The molecule has 0 radical (unpaired) electrons. The molecular formula is C15H22O2. The van der Waals surface area contributed by atoms with E-state index in [0.29, 0.717) is 11.6 Å². The van der Waals surface area contributed by atoms with Gasteiger partial charge in [0.15, 0.2) is 11.6 Å². The first-order valence-electron chi connectivity index (χ1n) is 6.54. The van der Waals surface area contributed by atoms with Crippen LogP contribution in [0.1, 0.15) is 58.8 Å². The molecule has 2 nitrogen and oxygen atoms in total. The van der Waals surface area contributed by atoms with E-state index < -0.39 is 0 Å². The van der Waals surface area contributed by atoms with Crippen molar-refractivity contribution in [3.63, 3.8) is 0 Å². The van der Waals surface area contributed by atoms with Crippen LogP contribution < -0.4 is 0 Å². The fourth-order valence-electron chi connectivity index (χ4n) is 2.10. The van der Waals surface area contributed by atoms with Crippen molar-refractivity contribution in [1.29, 1.82) is 0 Å². The average molecular weight is 234 g/mol. The summed E-state index contributed by atoms with van der Waals surface area (Å²) in [6.07, 6.45) is 10.5. The third-order valence-corrected chi connectivity index (χ3v) is 3.14. The molecule has 94 valence electrons. The Morgan fingerprint density at radius 1 is 0.941 bits per heavy atom. The Labute approximate surface area is 104 Å². The van der Waals surface area contributed by atoms with Crippen molar-refractivity contribution in [1.82, 2.24) is 0 Å². The Bertz CT molecular complexity index is 348. The van der Waals surface area contributed by atoms with Gasteiger partial charge in [-0.2, -0.15) is 0 Å². The summed E-state index contributed by atoms with van der Waals surface area (Å²) in [7, 11) is 0. The highest BCUT2D eigenvalue weighted by molar-refractivity contribution is 5.91. The monoisotopic (exact) mass is 234 g/mol. The molecule has 0 aromatic heterocycles. The second-order valence-electron chi connectivity index (χ2n) is 4.79. The van der Waals surface area contributed by atoms with E-state index in [1.807, 2.05) is 13.0 Å². The van der Waals surface area contributed by atoms with Gasteiger partial charge in [0.1, 0.15) is 0 Å². The lowest BCUT2D eigenvalue weighted by atomic mass is 9.97. The summed E-state index contributed by atoms with van der Waals surface area (Å²) in [6.45, 7) is 4.11. The van der Waals surface area contributed by atoms with Crippen LogP contribution >= 0.6 is 0 Å². The maximum absolute atomic E-state index is 10.8. The Morgan fingerprint density at radius 2 is 1.53 bits per heavy atom. The molecule has 0 spiro atoms. The summed E-state index contributed by atoms with van der Waals surface area (Å²) in [5.41, 5.74) is 2.56. The molecule has 0 atom stereocenters. The Morgan fingerprint density at radius 3 is 1.88 bits per heavy atom. The van der Waals surface area contributed by atoms with Crippen molar-refractivity contribution in [2.75, 3.05) is 0 Å². The number of carbonyl (C=O) groups is 2. The van der Waals surface area contributed by atoms with Gasteiger partial charge in [0.05, 0.1) is 0 Å². The number of hydrogen-bond acceptors (Lipinski definition) is 2. The van der Waals surface area contributed by atoms with Crippen LogP contribution in [-0.2, 0) is 9.59 Å². The van der Waals surface area contributed by atoms with Crippen molar-refractivity contribution in [3.05, 3.63) is 23.3 Å². The van der Waals surface area contributed by atoms with Gasteiger partial charge in [-0.25, -0.2) is 0 Å². The van der Waals surface area contributed by atoms with Crippen molar-refractivity contribution in [2.45, 2.75) is 58.8 Å². The van der Waals surface area contributed by atoms with Crippen LogP contribution in [-0.4, -0.2) is 11.6 Å². The van der Waals surface area contributed by atoms with Crippen LogP contribution in [0.4, 0.5) is 0 Å². The van der Waals surface area contributed by atoms with E-state index in [4.69, 9.17) is 0 Å². The van der Waals surface area contributed by atoms with E-state index in [2.05, 4.69) is 6.92 Å². The first-order valence-corrected chi connectivity index (χ1v) is 6.54. The van der Waals surface area contributed by atoms with Crippen LogP contribution in [0.2, 0.25) is 0 Å². The maximum atomic E-state index is 10.8. The fourth-order valence-corrected chi connectivity index (χ4v) is 2.10. The highest BCUT2D eigenvalue weighted by Gasteiger charge is 2.06. The van der Waals surface area contributed by atoms with Gasteiger partial charge in [-0.3, -0.25) is 9.59 Å². The van der Waals surface area contributed by atoms with Crippen LogP contribution in [0.15, 0.2) is 23.3 Å². The minimum Gasteiger partial charge on any atom is -0.295 e. The summed E-state index contributed by atoms with van der Waals surface area (Å²) in [4.78, 5) is 21.4. The van der Waals surface area contributed by atoms with Gasteiger partial charge in [-0.1, -0.05) is 18.1 Å². The Kier molecular flexibility index (Phi) is 5.88. The molecule has 0 fully saturated rings. The van der Waals surface area contributed by atoms with Gasteiger partial charge < -0.3 is 0 Å². The van der Waals surface area contributed by atoms with Gasteiger partial charge in [-0.05, 0) is 51.2 Å². The number of allylic oxidation sites excluding steroid dienone is 4. The minimum atomic E-state index is 0.300. The highest BCUT2D eigenvalue weighted by Crippen LogP contribution is 2.17.